The Morgan fingerprint density at radius 3 is 2.90 bits per heavy atom. The second-order valence-corrected chi connectivity index (χ2v) is 6.23. The van der Waals surface area contributed by atoms with Crippen LogP contribution in [0.25, 0.3) is 10.9 Å². The van der Waals surface area contributed by atoms with Gasteiger partial charge in [0.25, 0.3) is 0 Å². The molecule has 0 amide bonds. The molecule has 0 bridgehead atoms. The first-order valence-electron chi connectivity index (χ1n) is 7.38. The average molecular weight is 270 g/mol. The molecule has 0 saturated heterocycles. The minimum absolute atomic E-state index is 0.177. The van der Waals surface area contributed by atoms with Crippen molar-refractivity contribution in [3.05, 3.63) is 42.1 Å². The van der Waals surface area contributed by atoms with Gasteiger partial charge in [0, 0.05) is 23.5 Å². The van der Waals surface area contributed by atoms with Crippen LogP contribution >= 0.6 is 0 Å². The molecule has 3 heteroatoms. The van der Waals surface area contributed by atoms with Crippen LogP contribution in [0.3, 0.4) is 0 Å². The summed E-state index contributed by atoms with van der Waals surface area (Å²) in [6, 6.07) is 9.92. The molecule has 0 aliphatic heterocycles. The number of para-hydroxylation sites is 1. The fourth-order valence-electron chi connectivity index (χ4n) is 3.66. The Kier molecular flexibility index (Phi) is 3.48. The molecule has 3 rings (SSSR count). The summed E-state index contributed by atoms with van der Waals surface area (Å²) in [5.41, 5.74) is 7.76. The Morgan fingerprint density at radius 1 is 1.40 bits per heavy atom. The summed E-state index contributed by atoms with van der Waals surface area (Å²) in [6.45, 7) is 2.78. The lowest BCUT2D eigenvalue weighted by molar-refractivity contribution is 0.0319. The van der Waals surface area contributed by atoms with Gasteiger partial charge in [-0.2, -0.15) is 0 Å². The maximum atomic E-state index is 11.0. The molecule has 1 saturated carbocycles. The average Bonchev–Trinajstić information content (AvgIpc) is 2.88. The molecule has 3 atom stereocenters. The molecule has 1 heterocycles. The normalized spacial score (nSPS) is 27.9. The van der Waals surface area contributed by atoms with E-state index in [-0.39, 0.29) is 5.41 Å². The first kappa shape index (κ1) is 13.5. The third-order valence-electron chi connectivity index (χ3n) is 4.85. The lowest BCUT2D eigenvalue weighted by atomic mass is 9.76. The van der Waals surface area contributed by atoms with Gasteiger partial charge in [0.05, 0.1) is 11.6 Å². The minimum Gasteiger partial charge on any atom is -0.388 e. The van der Waals surface area contributed by atoms with E-state index in [1.807, 2.05) is 30.3 Å². The first-order valence-corrected chi connectivity index (χ1v) is 7.38. The van der Waals surface area contributed by atoms with Crippen molar-refractivity contribution in [2.75, 3.05) is 6.54 Å². The van der Waals surface area contributed by atoms with E-state index in [0.29, 0.717) is 12.5 Å². The van der Waals surface area contributed by atoms with E-state index in [9.17, 15) is 5.11 Å². The predicted molar refractivity (Wildman–Crippen MR) is 81.2 cm³/mol. The van der Waals surface area contributed by atoms with Crippen molar-refractivity contribution in [3.63, 3.8) is 0 Å². The van der Waals surface area contributed by atoms with Crippen molar-refractivity contribution in [1.29, 1.82) is 0 Å². The number of aliphatic hydroxyl groups is 1. The van der Waals surface area contributed by atoms with Gasteiger partial charge < -0.3 is 10.8 Å². The predicted octanol–water partition coefficient (Wildman–Crippen LogP) is 3.03. The summed E-state index contributed by atoms with van der Waals surface area (Å²) in [7, 11) is 0. The molecule has 3 unspecified atom stereocenters. The van der Waals surface area contributed by atoms with E-state index in [4.69, 9.17) is 5.73 Å². The zero-order valence-electron chi connectivity index (χ0n) is 11.9. The molecule has 0 radical (unpaired) electrons. The molecule has 1 aliphatic carbocycles. The van der Waals surface area contributed by atoms with Crippen LogP contribution in [0.4, 0.5) is 0 Å². The Bertz CT molecular complexity index is 607. The highest BCUT2D eigenvalue weighted by Crippen LogP contribution is 2.50. The number of benzene rings is 1. The van der Waals surface area contributed by atoms with Gasteiger partial charge in [0.1, 0.15) is 0 Å². The molecule has 1 aromatic carbocycles. The highest BCUT2D eigenvalue weighted by atomic mass is 16.3. The Morgan fingerprint density at radius 2 is 2.20 bits per heavy atom. The fraction of sp³-hybridized carbons (Fsp3) is 0.471. The summed E-state index contributed by atoms with van der Waals surface area (Å²) in [5.74, 6) is 0.640. The quantitative estimate of drug-likeness (QED) is 0.901. The highest BCUT2D eigenvalue weighted by molar-refractivity contribution is 5.82. The number of aliphatic hydroxyl groups excluding tert-OH is 1. The van der Waals surface area contributed by atoms with Crippen LogP contribution in [-0.4, -0.2) is 16.6 Å². The monoisotopic (exact) mass is 270 g/mol. The zero-order valence-corrected chi connectivity index (χ0v) is 11.9. The Labute approximate surface area is 119 Å². The van der Waals surface area contributed by atoms with Crippen LogP contribution in [0.2, 0.25) is 0 Å². The standard InChI is InChI=1S/C17H22N2O/c1-12-6-8-17(10-12,11-18)16(20)14-7-9-19-15-5-3-2-4-13(14)15/h2-5,7,9,12,16,20H,6,8,10-11,18H2,1H3. The number of hydrogen-bond donors (Lipinski definition) is 2. The van der Waals surface area contributed by atoms with Gasteiger partial charge in [0.2, 0.25) is 0 Å². The van der Waals surface area contributed by atoms with Gasteiger partial charge in [-0.25, -0.2) is 0 Å². The zero-order chi connectivity index (χ0) is 14.2. The smallest absolute Gasteiger partial charge is 0.0865 e. The molecule has 106 valence electrons. The molecule has 0 spiro atoms. The molecule has 2 aromatic rings. The third-order valence-corrected chi connectivity index (χ3v) is 4.85. The topological polar surface area (TPSA) is 59.1 Å². The van der Waals surface area contributed by atoms with Crippen molar-refractivity contribution in [1.82, 2.24) is 4.98 Å². The number of nitrogens with zero attached hydrogens (tertiary/aromatic N) is 1. The SMILES string of the molecule is CC1CCC(CN)(C(O)c2ccnc3ccccc23)C1. The maximum Gasteiger partial charge on any atom is 0.0865 e. The number of rotatable bonds is 3. The molecular formula is C17H22N2O. The third kappa shape index (κ3) is 2.11. The first-order chi connectivity index (χ1) is 9.66. The van der Waals surface area contributed by atoms with Crippen molar-refractivity contribution in [3.8, 4) is 0 Å². The van der Waals surface area contributed by atoms with Crippen molar-refractivity contribution >= 4 is 10.9 Å². The maximum absolute atomic E-state index is 11.0. The van der Waals surface area contributed by atoms with Gasteiger partial charge in [0.15, 0.2) is 0 Å². The molecular weight excluding hydrogens is 248 g/mol. The van der Waals surface area contributed by atoms with Gasteiger partial charge in [-0.15, -0.1) is 0 Å². The van der Waals surface area contributed by atoms with Gasteiger partial charge >= 0.3 is 0 Å². The van der Waals surface area contributed by atoms with Crippen LogP contribution in [0.5, 0.6) is 0 Å². The van der Waals surface area contributed by atoms with Gasteiger partial charge in [-0.05, 0) is 36.5 Å². The van der Waals surface area contributed by atoms with E-state index >= 15 is 0 Å². The van der Waals surface area contributed by atoms with Crippen LogP contribution < -0.4 is 5.73 Å². The second-order valence-electron chi connectivity index (χ2n) is 6.23. The van der Waals surface area contributed by atoms with Crippen molar-refractivity contribution in [2.24, 2.45) is 17.1 Å². The summed E-state index contributed by atoms with van der Waals surface area (Å²) < 4.78 is 0. The van der Waals surface area contributed by atoms with Crippen LogP contribution in [0.1, 0.15) is 37.9 Å². The number of hydrogen-bond acceptors (Lipinski definition) is 3. The van der Waals surface area contributed by atoms with E-state index < -0.39 is 6.10 Å². The van der Waals surface area contributed by atoms with Crippen LogP contribution in [0.15, 0.2) is 36.5 Å². The number of pyridine rings is 1. The lowest BCUT2D eigenvalue weighted by Gasteiger charge is -2.34. The largest absolute Gasteiger partial charge is 0.388 e. The second kappa shape index (κ2) is 5.15. The van der Waals surface area contributed by atoms with Crippen molar-refractivity contribution < 1.29 is 5.11 Å². The lowest BCUT2D eigenvalue weighted by Crippen LogP contribution is -2.34. The number of fused-ring (bicyclic) bond motifs is 1. The summed E-state index contributed by atoms with van der Waals surface area (Å²) in [4.78, 5) is 4.37. The van der Waals surface area contributed by atoms with E-state index in [2.05, 4.69) is 11.9 Å². The number of nitrogens with two attached hydrogens (primary N) is 1. The van der Waals surface area contributed by atoms with E-state index in [1.54, 1.807) is 6.20 Å². The van der Waals surface area contributed by atoms with Gasteiger partial charge in [-0.3, -0.25) is 4.98 Å². The summed E-state index contributed by atoms with van der Waals surface area (Å²) >= 11 is 0. The Balaban J connectivity index is 2.06. The summed E-state index contributed by atoms with van der Waals surface area (Å²) in [5, 5.41) is 12.0. The minimum atomic E-state index is -0.509. The molecule has 1 aromatic heterocycles. The fourth-order valence-corrected chi connectivity index (χ4v) is 3.66. The molecule has 20 heavy (non-hydrogen) atoms. The molecule has 1 aliphatic rings. The van der Waals surface area contributed by atoms with E-state index in [1.165, 1.54) is 0 Å². The molecule has 3 N–H and O–H groups in total. The number of aromatic nitrogens is 1. The van der Waals surface area contributed by atoms with Crippen molar-refractivity contribution in [2.45, 2.75) is 32.3 Å². The van der Waals surface area contributed by atoms with Gasteiger partial charge in [-0.1, -0.05) is 31.5 Å². The Hall–Kier alpha value is -1.45. The van der Waals surface area contributed by atoms with Crippen LogP contribution in [-0.2, 0) is 0 Å². The molecule has 3 nitrogen and oxygen atoms in total. The van der Waals surface area contributed by atoms with E-state index in [0.717, 1.165) is 35.7 Å². The molecule has 1 fully saturated rings. The highest BCUT2D eigenvalue weighted by Gasteiger charge is 2.43. The summed E-state index contributed by atoms with van der Waals surface area (Å²) in [6.07, 6.45) is 4.43. The van der Waals surface area contributed by atoms with Crippen LogP contribution in [0, 0.1) is 11.3 Å².